The summed E-state index contributed by atoms with van der Waals surface area (Å²) in [4.78, 5) is 35.4. The van der Waals surface area contributed by atoms with E-state index >= 15 is 0 Å². The summed E-state index contributed by atoms with van der Waals surface area (Å²) in [6.07, 6.45) is 3.76. The lowest BCUT2D eigenvalue weighted by molar-refractivity contribution is -0.118. The molecule has 1 aliphatic rings. The second-order valence-electron chi connectivity index (χ2n) is 12.3. The number of aromatic nitrogens is 1. The predicted molar refractivity (Wildman–Crippen MR) is 185 cm³/mol. The number of urea groups is 1. The molecular formula is C37H41N5O2S. The lowest BCUT2D eigenvalue weighted by Crippen LogP contribution is -2.53. The SMILES string of the molecule is C[C@H](c1c[nH]c2ccccc12)[C@@H](NC(=O)N1CCC(c2ccccc2)CC1)C(=O)Nc1cc(CN(C)C)ccc1-c1ccsc1. The number of piperidine rings is 1. The Labute approximate surface area is 269 Å². The van der Waals surface area contributed by atoms with Gasteiger partial charge in [-0.05, 0) is 84.1 Å². The number of nitrogens with zero attached hydrogens (tertiary/aromatic N) is 2. The summed E-state index contributed by atoms with van der Waals surface area (Å²) in [5, 5.41) is 11.6. The predicted octanol–water partition coefficient (Wildman–Crippen LogP) is 7.66. The number of thiophene rings is 1. The van der Waals surface area contributed by atoms with E-state index in [-0.39, 0.29) is 17.9 Å². The maximum Gasteiger partial charge on any atom is 0.318 e. The first-order chi connectivity index (χ1) is 21.9. The summed E-state index contributed by atoms with van der Waals surface area (Å²) < 4.78 is 0. The molecule has 1 aliphatic heterocycles. The van der Waals surface area contributed by atoms with Crippen molar-refractivity contribution in [3.63, 3.8) is 0 Å². The van der Waals surface area contributed by atoms with Crippen LogP contribution in [0.25, 0.3) is 22.0 Å². The maximum atomic E-state index is 14.3. The van der Waals surface area contributed by atoms with Crippen molar-refractivity contribution in [2.45, 2.75) is 44.2 Å². The Kier molecular flexibility index (Phi) is 9.33. The zero-order valence-electron chi connectivity index (χ0n) is 26.1. The molecule has 3 aromatic carbocycles. The highest BCUT2D eigenvalue weighted by molar-refractivity contribution is 7.08. The summed E-state index contributed by atoms with van der Waals surface area (Å²) in [5.74, 6) is -0.0928. The molecule has 232 valence electrons. The van der Waals surface area contributed by atoms with Crippen LogP contribution in [0.5, 0.6) is 0 Å². The number of anilines is 1. The summed E-state index contributed by atoms with van der Waals surface area (Å²) in [7, 11) is 4.06. The molecule has 0 spiro atoms. The quantitative estimate of drug-likeness (QED) is 0.159. The standard InChI is InChI=1S/C37H41N5O2S/c1-25(32-22-38-33-12-8-7-11-31(32)33)35(40-37(44)42-18-15-28(16-19-42)27-9-5-4-6-10-27)36(43)39-34-21-26(23-41(2)3)13-14-30(34)29-17-20-45-24-29/h4-14,17,20-22,24-25,28,35,38H,15-16,18-19,23H2,1-3H3,(H,39,43)(H,40,44)/t25-,35-/m1/s1. The van der Waals surface area contributed by atoms with E-state index < -0.39 is 6.04 Å². The molecule has 6 rings (SSSR count). The van der Waals surface area contributed by atoms with Gasteiger partial charge in [0.15, 0.2) is 0 Å². The van der Waals surface area contributed by atoms with Crippen molar-refractivity contribution < 1.29 is 9.59 Å². The minimum Gasteiger partial charge on any atom is -0.361 e. The largest absolute Gasteiger partial charge is 0.361 e. The maximum absolute atomic E-state index is 14.3. The van der Waals surface area contributed by atoms with E-state index in [2.05, 4.69) is 80.5 Å². The smallest absolute Gasteiger partial charge is 0.318 e. The van der Waals surface area contributed by atoms with Gasteiger partial charge >= 0.3 is 6.03 Å². The number of likely N-dealkylation sites (tertiary alicyclic amines) is 1. The minimum absolute atomic E-state index is 0.201. The number of H-pyrrole nitrogens is 1. The van der Waals surface area contributed by atoms with Crippen LogP contribution < -0.4 is 10.6 Å². The molecule has 8 heteroatoms. The number of carbonyl (C=O) groups is 2. The van der Waals surface area contributed by atoms with E-state index in [1.807, 2.05) is 61.8 Å². The topological polar surface area (TPSA) is 80.5 Å². The minimum atomic E-state index is -0.795. The van der Waals surface area contributed by atoms with Crippen LogP contribution in [0.2, 0.25) is 0 Å². The first-order valence-corrected chi connectivity index (χ1v) is 16.6. The summed E-state index contributed by atoms with van der Waals surface area (Å²) >= 11 is 1.62. The zero-order chi connectivity index (χ0) is 31.3. The fourth-order valence-corrected chi connectivity index (χ4v) is 7.13. The van der Waals surface area contributed by atoms with Gasteiger partial charge in [-0.3, -0.25) is 4.79 Å². The van der Waals surface area contributed by atoms with Gasteiger partial charge in [0.25, 0.3) is 0 Å². The Hall–Kier alpha value is -4.40. The van der Waals surface area contributed by atoms with Crippen molar-refractivity contribution in [2.24, 2.45) is 0 Å². The first-order valence-electron chi connectivity index (χ1n) is 15.6. The van der Waals surface area contributed by atoms with Crippen LogP contribution in [0.1, 0.15) is 48.3 Å². The number of hydrogen-bond donors (Lipinski definition) is 3. The molecule has 2 aromatic heterocycles. The number of benzene rings is 3. The van der Waals surface area contributed by atoms with Crippen LogP contribution in [0, 0.1) is 0 Å². The van der Waals surface area contributed by atoms with Gasteiger partial charge in [-0.2, -0.15) is 11.3 Å². The molecule has 0 radical (unpaired) electrons. The van der Waals surface area contributed by atoms with Crippen LogP contribution >= 0.6 is 11.3 Å². The molecule has 0 unspecified atom stereocenters. The molecule has 2 atom stereocenters. The number of amides is 3. The highest BCUT2D eigenvalue weighted by Gasteiger charge is 2.33. The number of aromatic amines is 1. The Morgan fingerprint density at radius 2 is 1.76 bits per heavy atom. The average Bonchev–Trinajstić information content (AvgIpc) is 3.74. The number of para-hydroxylation sites is 1. The van der Waals surface area contributed by atoms with Crippen molar-refractivity contribution in [3.8, 4) is 11.1 Å². The van der Waals surface area contributed by atoms with E-state index in [1.165, 1.54) is 5.56 Å². The Morgan fingerprint density at radius 3 is 2.49 bits per heavy atom. The van der Waals surface area contributed by atoms with Crippen LogP contribution in [0.4, 0.5) is 10.5 Å². The second kappa shape index (κ2) is 13.7. The number of carbonyl (C=O) groups excluding carboxylic acids is 2. The summed E-state index contributed by atoms with van der Waals surface area (Å²) in [5.41, 5.74) is 7.17. The number of rotatable bonds is 9. The molecule has 1 saturated heterocycles. The van der Waals surface area contributed by atoms with E-state index in [0.717, 1.165) is 58.2 Å². The van der Waals surface area contributed by atoms with Crippen LogP contribution in [-0.2, 0) is 11.3 Å². The third-order valence-electron chi connectivity index (χ3n) is 8.90. The summed E-state index contributed by atoms with van der Waals surface area (Å²) in [6, 6.07) is 25.9. The summed E-state index contributed by atoms with van der Waals surface area (Å²) in [6.45, 7) is 4.06. The second-order valence-corrected chi connectivity index (χ2v) is 13.1. The Bertz CT molecular complexity index is 1740. The lowest BCUT2D eigenvalue weighted by Gasteiger charge is -2.34. The highest BCUT2D eigenvalue weighted by Crippen LogP contribution is 2.33. The van der Waals surface area contributed by atoms with Gasteiger partial charge in [0.2, 0.25) is 5.91 Å². The van der Waals surface area contributed by atoms with Crippen LogP contribution in [0.3, 0.4) is 0 Å². The molecule has 3 amide bonds. The molecule has 0 bridgehead atoms. The van der Waals surface area contributed by atoms with Crippen molar-refractivity contribution >= 4 is 39.9 Å². The van der Waals surface area contributed by atoms with Gasteiger partial charge in [-0.15, -0.1) is 0 Å². The van der Waals surface area contributed by atoms with Crippen LogP contribution in [-0.4, -0.2) is 59.9 Å². The van der Waals surface area contributed by atoms with Crippen molar-refractivity contribution in [1.82, 2.24) is 20.1 Å². The van der Waals surface area contributed by atoms with Gasteiger partial charge in [0.1, 0.15) is 6.04 Å². The van der Waals surface area contributed by atoms with Gasteiger partial charge in [0, 0.05) is 53.9 Å². The van der Waals surface area contributed by atoms with E-state index in [4.69, 9.17) is 0 Å². The fraction of sp³-hybridized carbons (Fsp3) is 0.297. The van der Waals surface area contributed by atoms with Crippen molar-refractivity contribution in [3.05, 3.63) is 113 Å². The van der Waals surface area contributed by atoms with E-state index in [0.29, 0.717) is 19.0 Å². The van der Waals surface area contributed by atoms with E-state index in [1.54, 1.807) is 11.3 Å². The first kappa shape index (κ1) is 30.6. The molecule has 0 saturated carbocycles. The molecule has 3 heterocycles. The molecule has 1 fully saturated rings. The molecular weight excluding hydrogens is 579 g/mol. The Morgan fingerprint density at radius 1 is 1.00 bits per heavy atom. The molecule has 5 aromatic rings. The number of fused-ring (bicyclic) bond motifs is 1. The monoisotopic (exact) mass is 619 g/mol. The number of hydrogen-bond acceptors (Lipinski definition) is 4. The third-order valence-corrected chi connectivity index (χ3v) is 9.58. The normalized spacial score (nSPS) is 15.2. The highest BCUT2D eigenvalue weighted by atomic mass is 32.1. The Balaban J connectivity index is 1.27. The fourth-order valence-electron chi connectivity index (χ4n) is 6.47. The van der Waals surface area contributed by atoms with Gasteiger partial charge < -0.3 is 25.4 Å². The van der Waals surface area contributed by atoms with Gasteiger partial charge in [-0.25, -0.2) is 4.79 Å². The van der Waals surface area contributed by atoms with Crippen molar-refractivity contribution in [1.29, 1.82) is 0 Å². The molecule has 0 aliphatic carbocycles. The average molecular weight is 620 g/mol. The van der Waals surface area contributed by atoms with Gasteiger partial charge in [-0.1, -0.05) is 67.6 Å². The van der Waals surface area contributed by atoms with Crippen molar-refractivity contribution in [2.75, 3.05) is 32.5 Å². The molecule has 45 heavy (non-hydrogen) atoms. The van der Waals surface area contributed by atoms with E-state index in [9.17, 15) is 9.59 Å². The third kappa shape index (κ3) is 6.97. The zero-order valence-corrected chi connectivity index (χ0v) is 26.9. The number of nitrogens with one attached hydrogen (secondary N) is 3. The molecule has 3 N–H and O–H groups in total. The molecule has 7 nitrogen and oxygen atoms in total. The van der Waals surface area contributed by atoms with Gasteiger partial charge in [0.05, 0.1) is 0 Å². The van der Waals surface area contributed by atoms with Crippen LogP contribution in [0.15, 0.2) is 95.8 Å². The lowest BCUT2D eigenvalue weighted by atomic mass is 9.89.